The van der Waals surface area contributed by atoms with Gasteiger partial charge in [0, 0.05) is 13.1 Å². The fourth-order valence-corrected chi connectivity index (χ4v) is 2.93. The highest BCUT2D eigenvalue weighted by atomic mass is 16.5. The van der Waals surface area contributed by atoms with Crippen LogP contribution in [0.4, 0.5) is 11.4 Å². The second kappa shape index (κ2) is 7.79. The highest BCUT2D eigenvalue weighted by Crippen LogP contribution is 2.20. The number of carbonyl (C=O) groups is 2. The Balaban J connectivity index is 1.72. The Morgan fingerprint density at radius 2 is 1.84 bits per heavy atom. The molecule has 0 saturated carbocycles. The summed E-state index contributed by atoms with van der Waals surface area (Å²) in [7, 11) is 1.31. The molecule has 1 saturated heterocycles. The highest BCUT2D eigenvalue weighted by Gasteiger charge is 2.16. The quantitative estimate of drug-likeness (QED) is 0.867. The lowest BCUT2D eigenvalue weighted by molar-refractivity contribution is 0.0602. The first-order valence-corrected chi connectivity index (χ1v) is 8.39. The van der Waals surface area contributed by atoms with E-state index in [1.807, 2.05) is 6.07 Å². The number of amides is 1. The number of rotatable bonds is 4. The summed E-state index contributed by atoms with van der Waals surface area (Å²) in [4.78, 5) is 30.8. The fraction of sp³-hybridized carbons (Fsp3) is 0.316. The molecule has 1 aliphatic rings. The van der Waals surface area contributed by atoms with Gasteiger partial charge in [0.25, 0.3) is 5.91 Å². The Bertz CT molecular complexity index is 753. The molecule has 1 amide bonds. The van der Waals surface area contributed by atoms with Gasteiger partial charge in [0.1, 0.15) is 5.69 Å². The van der Waals surface area contributed by atoms with E-state index in [0.29, 0.717) is 16.9 Å². The zero-order chi connectivity index (χ0) is 17.6. The summed E-state index contributed by atoms with van der Waals surface area (Å²) in [6, 6.07) is 10.3. The van der Waals surface area contributed by atoms with Crippen LogP contribution in [-0.2, 0) is 4.74 Å². The molecule has 130 valence electrons. The number of benzene rings is 1. The number of carbonyl (C=O) groups excluding carboxylic acids is 2. The minimum absolute atomic E-state index is 0.306. The zero-order valence-electron chi connectivity index (χ0n) is 14.2. The smallest absolute Gasteiger partial charge is 0.339 e. The van der Waals surface area contributed by atoms with Crippen molar-refractivity contribution in [1.29, 1.82) is 0 Å². The summed E-state index contributed by atoms with van der Waals surface area (Å²) in [6.07, 6.45) is 5.37. The van der Waals surface area contributed by atoms with Crippen molar-refractivity contribution in [2.45, 2.75) is 19.3 Å². The van der Waals surface area contributed by atoms with Crippen LogP contribution in [0.1, 0.15) is 40.1 Å². The predicted molar refractivity (Wildman–Crippen MR) is 96.0 cm³/mol. The largest absolute Gasteiger partial charge is 0.465 e. The van der Waals surface area contributed by atoms with Crippen molar-refractivity contribution in [2.75, 3.05) is 30.4 Å². The van der Waals surface area contributed by atoms with Crippen molar-refractivity contribution in [3.8, 4) is 0 Å². The Hall–Kier alpha value is -2.89. The molecule has 6 nitrogen and oxygen atoms in total. The summed E-state index contributed by atoms with van der Waals surface area (Å²) in [5.74, 6) is -0.856. The molecule has 0 bridgehead atoms. The molecule has 1 aliphatic heterocycles. The van der Waals surface area contributed by atoms with E-state index in [4.69, 9.17) is 4.74 Å². The number of nitrogens with zero attached hydrogens (tertiary/aromatic N) is 2. The maximum absolute atomic E-state index is 12.4. The SMILES string of the molecule is COC(=O)c1ccccc1NC(=O)c1ccc(N2CCCCC2)cn1. The van der Waals surface area contributed by atoms with Crippen LogP contribution in [0.15, 0.2) is 42.6 Å². The van der Waals surface area contributed by atoms with Gasteiger partial charge < -0.3 is 15.0 Å². The summed E-state index contributed by atoms with van der Waals surface area (Å²) in [5.41, 5.74) is 2.05. The van der Waals surface area contributed by atoms with Crippen molar-refractivity contribution < 1.29 is 14.3 Å². The van der Waals surface area contributed by atoms with Gasteiger partial charge in [0.15, 0.2) is 0 Å². The van der Waals surface area contributed by atoms with Gasteiger partial charge in [-0.25, -0.2) is 9.78 Å². The van der Waals surface area contributed by atoms with Gasteiger partial charge in [-0.3, -0.25) is 4.79 Å². The molecule has 2 heterocycles. The first kappa shape index (κ1) is 17.0. The molecule has 6 heteroatoms. The van der Waals surface area contributed by atoms with E-state index in [1.165, 1.54) is 26.4 Å². The number of anilines is 2. The topological polar surface area (TPSA) is 71.5 Å². The summed E-state index contributed by atoms with van der Waals surface area (Å²) >= 11 is 0. The number of piperidine rings is 1. The number of nitrogens with one attached hydrogen (secondary N) is 1. The normalized spacial score (nSPS) is 14.0. The number of para-hydroxylation sites is 1. The number of pyridine rings is 1. The highest BCUT2D eigenvalue weighted by molar-refractivity contribution is 6.07. The first-order valence-electron chi connectivity index (χ1n) is 8.39. The van der Waals surface area contributed by atoms with Gasteiger partial charge in [0.05, 0.1) is 30.2 Å². The molecular weight excluding hydrogens is 318 g/mol. The van der Waals surface area contributed by atoms with E-state index < -0.39 is 5.97 Å². The van der Waals surface area contributed by atoms with Crippen LogP contribution in [0.5, 0.6) is 0 Å². The second-order valence-corrected chi connectivity index (χ2v) is 5.94. The van der Waals surface area contributed by atoms with Gasteiger partial charge in [-0.2, -0.15) is 0 Å². The summed E-state index contributed by atoms with van der Waals surface area (Å²) < 4.78 is 4.74. The van der Waals surface area contributed by atoms with Crippen LogP contribution in [-0.4, -0.2) is 37.1 Å². The Morgan fingerprint density at radius 3 is 2.52 bits per heavy atom. The molecule has 0 unspecified atom stereocenters. The number of hydrogen-bond donors (Lipinski definition) is 1. The third kappa shape index (κ3) is 3.96. The molecule has 1 N–H and O–H groups in total. The number of esters is 1. The maximum atomic E-state index is 12.4. The average molecular weight is 339 g/mol. The van der Waals surface area contributed by atoms with Crippen molar-refractivity contribution >= 4 is 23.3 Å². The van der Waals surface area contributed by atoms with Crippen LogP contribution in [0.2, 0.25) is 0 Å². The van der Waals surface area contributed by atoms with Gasteiger partial charge in [-0.1, -0.05) is 12.1 Å². The van der Waals surface area contributed by atoms with Gasteiger partial charge in [-0.05, 0) is 43.5 Å². The fourth-order valence-electron chi connectivity index (χ4n) is 2.93. The predicted octanol–water partition coefficient (Wildman–Crippen LogP) is 3.11. The third-order valence-electron chi connectivity index (χ3n) is 4.28. The number of ether oxygens (including phenoxy) is 1. The second-order valence-electron chi connectivity index (χ2n) is 5.94. The van der Waals surface area contributed by atoms with E-state index in [2.05, 4.69) is 15.2 Å². The Kier molecular flexibility index (Phi) is 5.28. The molecule has 0 radical (unpaired) electrons. The molecule has 1 aromatic carbocycles. The standard InChI is InChI=1S/C19H21N3O3/c1-25-19(24)15-7-3-4-8-16(15)21-18(23)17-10-9-14(13-20-17)22-11-5-2-6-12-22/h3-4,7-10,13H,2,5-6,11-12H2,1H3,(H,21,23). The lowest BCUT2D eigenvalue weighted by Gasteiger charge is -2.28. The number of hydrogen-bond acceptors (Lipinski definition) is 5. The van der Waals surface area contributed by atoms with E-state index in [1.54, 1.807) is 36.5 Å². The molecule has 1 fully saturated rings. The molecule has 0 spiro atoms. The summed E-state index contributed by atoms with van der Waals surface area (Å²) in [6.45, 7) is 2.06. The van der Waals surface area contributed by atoms with Gasteiger partial charge in [0.2, 0.25) is 0 Å². The third-order valence-corrected chi connectivity index (χ3v) is 4.28. The van der Waals surface area contributed by atoms with Crippen LogP contribution < -0.4 is 10.2 Å². The van der Waals surface area contributed by atoms with E-state index in [-0.39, 0.29) is 5.91 Å². The molecule has 3 rings (SSSR count). The molecule has 2 aromatic rings. The van der Waals surface area contributed by atoms with Crippen molar-refractivity contribution in [3.05, 3.63) is 53.9 Å². The van der Waals surface area contributed by atoms with Crippen LogP contribution in [0, 0.1) is 0 Å². The molecule has 0 atom stereocenters. The number of aromatic nitrogens is 1. The van der Waals surface area contributed by atoms with E-state index >= 15 is 0 Å². The first-order chi connectivity index (χ1) is 12.2. The van der Waals surface area contributed by atoms with Crippen LogP contribution in [0.3, 0.4) is 0 Å². The van der Waals surface area contributed by atoms with Crippen molar-refractivity contribution in [3.63, 3.8) is 0 Å². The van der Waals surface area contributed by atoms with Gasteiger partial charge in [-0.15, -0.1) is 0 Å². The minimum atomic E-state index is -0.496. The lowest BCUT2D eigenvalue weighted by Crippen LogP contribution is -2.29. The van der Waals surface area contributed by atoms with Crippen LogP contribution >= 0.6 is 0 Å². The van der Waals surface area contributed by atoms with E-state index in [9.17, 15) is 9.59 Å². The minimum Gasteiger partial charge on any atom is -0.465 e. The monoisotopic (exact) mass is 339 g/mol. The number of methoxy groups -OCH3 is 1. The molecular formula is C19H21N3O3. The van der Waals surface area contributed by atoms with Crippen molar-refractivity contribution in [2.24, 2.45) is 0 Å². The molecule has 25 heavy (non-hydrogen) atoms. The average Bonchev–Trinajstić information content (AvgIpc) is 2.68. The lowest BCUT2D eigenvalue weighted by atomic mass is 10.1. The Morgan fingerprint density at radius 1 is 1.08 bits per heavy atom. The Labute approximate surface area is 146 Å². The molecule has 0 aliphatic carbocycles. The van der Waals surface area contributed by atoms with Gasteiger partial charge >= 0.3 is 5.97 Å². The molecule has 1 aromatic heterocycles. The maximum Gasteiger partial charge on any atom is 0.339 e. The zero-order valence-corrected chi connectivity index (χ0v) is 14.2. The van der Waals surface area contributed by atoms with Crippen molar-refractivity contribution in [1.82, 2.24) is 4.98 Å². The van der Waals surface area contributed by atoms with Crippen LogP contribution in [0.25, 0.3) is 0 Å². The summed E-state index contributed by atoms with van der Waals surface area (Å²) in [5, 5.41) is 2.73. The van der Waals surface area contributed by atoms with E-state index in [0.717, 1.165) is 18.8 Å².